The molecular weight excluding hydrogens is 378 g/mol. The normalized spacial score (nSPS) is 23.3. The lowest BCUT2D eigenvalue weighted by molar-refractivity contribution is 0.286. The largest absolute Gasteiger partial charge is 0.507 e. The van der Waals surface area contributed by atoms with Gasteiger partial charge in [-0.25, -0.2) is 4.68 Å². The standard InChI is InChI=1S/C22H23N7O/c1-28-12-15(11-23-28)13-2-5-19(21(30)7-13)20-6-14-10-24-29(22(14)27-26-20)18-8-16-3-4-17(9-18)25-16/h2,5-7,10-12,16-18,25,30H,3-4,8-9H2,1H3/t16-,17?,18?/m1/s1. The van der Waals surface area contributed by atoms with Crippen molar-refractivity contribution in [3.8, 4) is 28.1 Å². The van der Waals surface area contributed by atoms with Crippen molar-refractivity contribution in [1.82, 2.24) is 35.1 Å². The topological polar surface area (TPSA) is 93.7 Å². The summed E-state index contributed by atoms with van der Waals surface area (Å²) in [4.78, 5) is 0. The van der Waals surface area contributed by atoms with Crippen molar-refractivity contribution in [2.24, 2.45) is 7.05 Å². The van der Waals surface area contributed by atoms with Gasteiger partial charge in [-0.05, 0) is 49.4 Å². The van der Waals surface area contributed by atoms with E-state index < -0.39 is 0 Å². The van der Waals surface area contributed by atoms with Gasteiger partial charge in [0.15, 0.2) is 5.65 Å². The Kier molecular flexibility index (Phi) is 3.89. The van der Waals surface area contributed by atoms with Crippen LogP contribution in [0.3, 0.4) is 0 Å². The number of phenolic OH excluding ortho intramolecular Hbond substituents is 1. The molecule has 0 amide bonds. The molecule has 4 aromatic rings. The molecule has 5 heterocycles. The number of nitrogens with one attached hydrogen (secondary N) is 1. The highest BCUT2D eigenvalue weighted by molar-refractivity contribution is 5.81. The number of aromatic nitrogens is 6. The number of piperidine rings is 1. The molecule has 3 aromatic heterocycles. The maximum atomic E-state index is 10.6. The molecule has 0 saturated carbocycles. The van der Waals surface area contributed by atoms with E-state index in [9.17, 15) is 5.11 Å². The first-order chi connectivity index (χ1) is 14.6. The Bertz CT molecular complexity index is 1230. The second-order valence-corrected chi connectivity index (χ2v) is 8.50. The van der Waals surface area contributed by atoms with E-state index in [-0.39, 0.29) is 5.75 Å². The molecule has 2 N–H and O–H groups in total. The van der Waals surface area contributed by atoms with Gasteiger partial charge in [0, 0.05) is 41.8 Å². The number of rotatable bonds is 3. The number of phenols is 1. The molecule has 1 aromatic carbocycles. The van der Waals surface area contributed by atoms with Crippen LogP contribution < -0.4 is 5.32 Å². The van der Waals surface area contributed by atoms with Crippen molar-refractivity contribution < 1.29 is 5.11 Å². The van der Waals surface area contributed by atoms with Crippen molar-refractivity contribution in [2.75, 3.05) is 0 Å². The summed E-state index contributed by atoms with van der Waals surface area (Å²) in [6.45, 7) is 0. The fourth-order valence-electron chi connectivity index (χ4n) is 4.98. The molecule has 8 nitrogen and oxygen atoms in total. The third kappa shape index (κ3) is 2.87. The molecule has 2 bridgehead atoms. The van der Waals surface area contributed by atoms with E-state index in [2.05, 4.69) is 25.7 Å². The monoisotopic (exact) mass is 401 g/mol. The molecular formula is C22H23N7O. The van der Waals surface area contributed by atoms with Gasteiger partial charge in [-0.15, -0.1) is 10.2 Å². The lowest BCUT2D eigenvalue weighted by Gasteiger charge is -2.29. The summed E-state index contributed by atoms with van der Waals surface area (Å²) < 4.78 is 3.79. The molecule has 2 aliphatic heterocycles. The Morgan fingerprint density at radius 2 is 1.83 bits per heavy atom. The quantitative estimate of drug-likeness (QED) is 0.548. The molecule has 0 radical (unpaired) electrons. The average molecular weight is 401 g/mol. The summed E-state index contributed by atoms with van der Waals surface area (Å²) in [5.41, 5.74) is 3.98. The molecule has 8 heteroatoms. The van der Waals surface area contributed by atoms with E-state index in [0.717, 1.165) is 35.0 Å². The molecule has 152 valence electrons. The minimum atomic E-state index is 0.173. The maximum Gasteiger partial charge on any atom is 0.180 e. The van der Waals surface area contributed by atoms with Crippen molar-refractivity contribution in [3.63, 3.8) is 0 Å². The van der Waals surface area contributed by atoms with Crippen molar-refractivity contribution >= 4 is 11.0 Å². The molecule has 6 rings (SSSR count). The third-order valence-corrected chi connectivity index (χ3v) is 6.45. The first kappa shape index (κ1) is 17.6. The summed E-state index contributed by atoms with van der Waals surface area (Å²) in [6, 6.07) is 9.10. The Hall–Kier alpha value is -3.26. The van der Waals surface area contributed by atoms with E-state index in [1.54, 1.807) is 16.9 Å². The lowest BCUT2D eigenvalue weighted by Crippen LogP contribution is -2.39. The first-order valence-corrected chi connectivity index (χ1v) is 10.4. The van der Waals surface area contributed by atoms with Gasteiger partial charge in [-0.2, -0.15) is 10.2 Å². The highest BCUT2D eigenvalue weighted by atomic mass is 16.3. The fourth-order valence-corrected chi connectivity index (χ4v) is 4.98. The van der Waals surface area contributed by atoms with Crippen LogP contribution in [0.5, 0.6) is 5.75 Å². The lowest BCUT2D eigenvalue weighted by atomic mass is 10.00. The molecule has 0 spiro atoms. The van der Waals surface area contributed by atoms with Crippen molar-refractivity contribution in [2.45, 2.75) is 43.8 Å². The molecule has 0 aliphatic carbocycles. The number of benzene rings is 1. The Morgan fingerprint density at radius 3 is 2.57 bits per heavy atom. The minimum absolute atomic E-state index is 0.173. The van der Waals surface area contributed by atoms with Gasteiger partial charge in [0.05, 0.1) is 24.1 Å². The van der Waals surface area contributed by atoms with Gasteiger partial charge in [-0.1, -0.05) is 6.07 Å². The zero-order valence-corrected chi connectivity index (χ0v) is 16.7. The van der Waals surface area contributed by atoms with Crippen LogP contribution in [0.25, 0.3) is 33.4 Å². The number of fused-ring (bicyclic) bond motifs is 3. The molecule has 2 aliphatic rings. The van der Waals surface area contributed by atoms with Crippen molar-refractivity contribution in [1.29, 1.82) is 0 Å². The minimum Gasteiger partial charge on any atom is -0.507 e. The second kappa shape index (κ2) is 6.63. The van der Waals surface area contributed by atoms with E-state index in [1.165, 1.54) is 12.8 Å². The molecule has 30 heavy (non-hydrogen) atoms. The zero-order chi connectivity index (χ0) is 20.2. The number of nitrogens with zero attached hydrogens (tertiary/aromatic N) is 6. The van der Waals surface area contributed by atoms with Crippen LogP contribution in [-0.4, -0.2) is 46.9 Å². The predicted molar refractivity (Wildman–Crippen MR) is 113 cm³/mol. The zero-order valence-electron chi connectivity index (χ0n) is 16.7. The van der Waals surface area contributed by atoms with Gasteiger partial charge in [-0.3, -0.25) is 4.68 Å². The van der Waals surface area contributed by atoms with E-state index >= 15 is 0 Å². The number of hydrogen-bond acceptors (Lipinski definition) is 6. The highest BCUT2D eigenvalue weighted by Gasteiger charge is 2.35. The van der Waals surface area contributed by atoms with Crippen LogP contribution in [0.1, 0.15) is 31.7 Å². The Labute approximate surface area is 173 Å². The van der Waals surface area contributed by atoms with Crippen LogP contribution in [0.4, 0.5) is 0 Å². The Morgan fingerprint density at radius 1 is 1.00 bits per heavy atom. The van der Waals surface area contributed by atoms with Crippen LogP contribution in [0, 0.1) is 0 Å². The average Bonchev–Trinajstić information content (AvgIpc) is 3.45. The van der Waals surface area contributed by atoms with Gasteiger partial charge in [0.25, 0.3) is 0 Å². The van der Waals surface area contributed by atoms with Gasteiger partial charge in [0.2, 0.25) is 0 Å². The van der Waals surface area contributed by atoms with Crippen LogP contribution in [-0.2, 0) is 7.05 Å². The second-order valence-electron chi connectivity index (χ2n) is 8.50. The number of hydrogen-bond donors (Lipinski definition) is 2. The van der Waals surface area contributed by atoms with Crippen LogP contribution >= 0.6 is 0 Å². The molecule has 2 unspecified atom stereocenters. The summed E-state index contributed by atoms with van der Waals surface area (Å²) in [6.07, 6.45) is 10.2. The predicted octanol–water partition coefficient (Wildman–Crippen LogP) is 3.05. The van der Waals surface area contributed by atoms with Crippen LogP contribution in [0.15, 0.2) is 42.9 Å². The molecule has 2 fully saturated rings. The van der Waals surface area contributed by atoms with Crippen LogP contribution in [0.2, 0.25) is 0 Å². The SMILES string of the molecule is Cn1cc(-c2ccc(-c3cc4cnn(C5CC6CC[C@H](C5)N6)c4nn3)c(O)c2)cn1. The van der Waals surface area contributed by atoms with Gasteiger partial charge < -0.3 is 10.4 Å². The van der Waals surface area contributed by atoms with E-state index in [4.69, 9.17) is 0 Å². The smallest absolute Gasteiger partial charge is 0.180 e. The van der Waals surface area contributed by atoms with Gasteiger partial charge >= 0.3 is 0 Å². The highest BCUT2D eigenvalue weighted by Crippen LogP contribution is 2.36. The molecule has 2 saturated heterocycles. The van der Waals surface area contributed by atoms with Crippen molar-refractivity contribution in [3.05, 3.63) is 42.9 Å². The van der Waals surface area contributed by atoms with E-state index in [1.807, 2.05) is 42.3 Å². The first-order valence-electron chi connectivity index (χ1n) is 10.4. The third-order valence-electron chi connectivity index (χ3n) is 6.45. The number of aromatic hydroxyl groups is 1. The van der Waals surface area contributed by atoms with E-state index in [0.29, 0.717) is 29.4 Å². The maximum absolute atomic E-state index is 10.6. The summed E-state index contributed by atoms with van der Waals surface area (Å²) >= 11 is 0. The summed E-state index contributed by atoms with van der Waals surface area (Å²) in [7, 11) is 1.87. The Balaban J connectivity index is 1.33. The van der Waals surface area contributed by atoms with Gasteiger partial charge in [0.1, 0.15) is 5.75 Å². The summed E-state index contributed by atoms with van der Waals surface area (Å²) in [5, 5.41) is 33.0. The summed E-state index contributed by atoms with van der Waals surface area (Å²) in [5.74, 6) is 0.173. The fraction of sp³-hybridized carbons (Fsp3) is 0.364. The molecule has 3 atom stereocenters. The number of aryl methyl sites for hydroxylation is 1.